The van der Waals surface area contributed by atoms with Crippen LogP contribution < -0.4 is 5.32 Å². The average molecular weight is 402 g/mol. The number of sulfonamides is 1. The molecule has 0 aromatic heterocycles. The minimum absolute atomic E-state index is 0. The summed E-state index contributed by atoms with van der Waals surface area (Å²) in [6, 6.07) is 6.33. The fourth-order valence-corrected chi connectivity index (χ4v) is 5.43. The Kier molecular flexibility index (Phi) is 5.88. The van der Waals surface area contributed by atoms with Crippen LogP contribution in [0.2, 0.25) is 0 Å². The van der Waals surface area contributed by atoms with Gasteiger partial charge in [-0.1, -0.05) is 0 Å². The number of morpholine rings is 1. The molecule has 144 valence electrons. The van der Waals surface area contributed by atoms with Gasteiger partial charge in [-0.2, -0.15) is 4.31 Å². The maximum atomic E-state index is 12.8. The lowest BCUT2D eigenvalue weighted by atomic mass is 10.0. The van der Waals surface area contributed by atoms with E-state index in [-0.39, 0.29) is 23.2 Å². The van der Waals surface area contributed by atoms with Crippen LogP contribution in [-0.4, -0.2) is 76.0 Å². The highest BCUT2D eigenvalue weighted by atomic mass is 35.5. The van der Waals surface area contributed by atoms with Crippen LogP contribution in [0.1, 0.15) is 10.4 Å². The smallest absolute Gasteiger partial charge is 0.254 e. The molecule has 2 atom stereocenters. The van der Waals surface area contributed by atoms with Crippen molar-refractivity contribution in [1.29, 1.82) is 0 Å². The molecule has 9 heteroatoms. The summed E-state index contributed by atoms with van der Waals surface area (Å²) in [5.74, 6) is 0.753. The van der Waals surface area contributed by atoms with Gasteiger partial charge in [-0.15, -0.1) is 12.4 Å². The van der Waals surface area contributed by atoms with Crippen molar-refractivity contribution in [2.75, 3.05) is 52.5 Å². The maximum absolute atomic E-state index is 12.8. The molecule has 4 rings (SSSR count). The van der Waals surface area contributed by atoms with Crippen molar-refractivity contribution in [1.82, 2.24) is 14.5 Å². The lowest BCUT2D eigenvalue weighted by molar-refractivity contribution is 0.0303. The quantitative estimate of drug-likeness (QED) is 0.794. The summed E-state index contributed by atoms with van der Waals surface area (Å²) < 4.78 is 32.5. The third-order valence-electron chi connectivity index (χ3n) is 5.39. The van der Waals surface area contributed by atoms with Crippen molar-refractivity contribution >= 4 is 28.3 Å². The first kappa shape index (κ1) is 19.6. The van der Waals surface area contributed by atoms with Crippen molar-refractivity contribution in [2.45, 2.75) is 4.90 Å². The topological polar surface area (TPSA) is 79.0 Å². The number of carbonyl (C=O) groups is 1. The number of hydrogen-bond donors (Lipinski definition) is 1. The largest absolute Gasteiger partial charge is 0.378 e. The molecule has 3 fully saturated rings. The Morgan fingerprint density at radius 1 is 1.04 bits per heavy atom. The van der Waals surface area contributed by atoms with E-state index in [9.17, 15) is 13.2 Å². The van der Waals surface area contributed by atoms with E-state index in [0.717, 1.165) is 13.1 Å². The van der Waals surface area contributed by atoms with Gasteiger partial charge in [0.15, 0.2) is 0 Å². The Labute approximate surface area is 160 Å². The highest BCUT2D eigenvalue weighted by Gasteiger charge is 2.41. The summed E-state index contributed by atoms with van der Waals surface area (Å²) in [7, 11) is -3.49. The Hall–Kier alpha value is -1.19. The van der Waals surface area contributed by atoms with E-state index in [4.69, 9.17) is 4.74 Å². The van der Waals surface area contributed by atoms with E-state index in [1.807, 2.05) is 0 Å². The number of carbonyl (C=O) groups excluding carboxylic acids is 1. The number of nitrogens with one attached hydrogen (secondary N) is 1. The number of fused-ring (bicyclic) bond motifs is 1. The molecule has 0 bridgehead atoms. The fourth-order valence-electron chi connectivity index (χ4n) is 3.88. The Morgan fingerprint density at radius 3 is 2.19 bits per heavy atom. The van der Waals surface area contributed by atoms with E-state index >= 15 is 0 Å². The van der Waals surface area contributed by atoms with E-state index < -0.39 is 10.0 Å². The summed E-state index contributed by atoms with van der Waals surface area (Å²) in [5, 5.41) is 3.31. The molecule has 7 nitrogen and oxygen atoms in total. The van der Waals surface area contributed by atoms with E-state index in [0.29, 0.717) is 56.8 Å². The molecule has 0 radical (unpaired) electrons. The van der Waals surface area contributed by atoms with Crippen molar-refractivity contribution in [3.63, 3.8) is 0 Å². The predicted molar refractivity (Wildman–Crippen MR) is 99.0 cm³/mol. The Morgan fingerprint density at radius 2 is 1.62 bits per heavy atom. The lowest BCUT2D eigenvalue weighted by Crippen LogP contribution is -2.40. The second-order valence-electron chi connectivity index (χ2n) is 6.93. The molecule has 0 aliphatic carbocycles. The molecule has 3 aliphatic heterocycles. The zero-order chi connectivity index (χ0) is 17.4. The van der Waals surface area contributed by atoms with Crippen molar-refractivity contribution in [2.24, 2.45) is 11.8 Å². The Balaban J connectivity index is 0.00000196. The van der Waals surface area contributed by atoms with Gasteiger partial charge in [0.05, 0.1) is 18.1 Å². The minimum Gasteiger partial charge on any atom is -0.378 e. The highest BCUT2D eigenvalue weighted by Crippen LogP contribution is 2.30. The second-order valence-corrected chi connectivity index (χ2v) is 8.87. The molecule has 0 spiro atoms. The van der Waals surface area contributed by atoms with Crippen LogP contribution >= 0.6 is 12.4 Å². The first-order valence-electron chi connectivity index (χ1n) is 8.73. The van der Waals surface area contributed by atoms with Gasteiger partial charge in [0.25, 0.3) is 5.91 Å². The number of benzene rings is 1. The Bertz CT molecular complexity index is 738. The minimum atomic E-state index is -3.49. The molecule has 1 aromatic carbocycles. The van der Waals surface area contributed by atoms with Gasteiger partial charge in [-0.25, -0.2) is 8.42 Å². The summed E-state index contributed by atoms with van der Waals surface area (Å²) >= 11 is 0. The van der Waals surface area contributed by atoms with Gasteiger partial charge in [0, 0.05) is 31.7 Å². The number of nitrogens with zero attached hydrogens (tertiary/aromatic N) is 2. The van der Waals surface area contributed by atoms with Crippen LogP contribution in [0.15, 0.2) is 29.2 Å². The molecule has 26 heavy (non-hydrogen) atoms. The van der Waals surface area contributed by atoms with Crippen LogP contribution in [-0.2, 0) is 14.8 Å². The summed E-state index contributed by atoms with van der Waals surface area (Å²) in [5.41, 5.74) is 0.517. The maximum Gasteiger partial charge on any atom is 0.254 e. The first-order valence-corrected chi connectivity index (χ1v) is 10.2. The van der Waals surface area contributed by atoms with Gasteiger partial charge in [-0.3, -0.25) is 4.79 Å². The molecular formula is C17H24ClN3O4S. The predicted octanol–water partition coefficient (Wildman–Crippen LogP) is 0.421. The molecule has 0 unspecified atom stereocenters. The van der Waals surface area contributed by atoms with Gasteiger partial charge in [0.1, 0.15) is 0 Å². The first-order chi connectivity index (χ1) is 12.1. The SMILES string of the molecule is Cl.O=C(c1ccc(S(=O)(=O)N2C[C@H]3CNC[C@H]3C2)cc1)N1CCOCC1. The lowest BCUT2D eigenvalue weighted by Gasteiger charge is -2.27. The molecule has 3 heterocycles. The molecular weight excluding hydrogens is 378 g/mol. The number of hydrogen-bond acceptors (Lipinski definition) is 5. The van der Waals surface area contributed by atoms with Crippen LogP contribution in [0.3, 0.4) is 0 Å². The van der Waals surface area contributed by atoms with E-state index in [1.54, 1.807) is 33.5 Å². The summed E-state index contributed by atoms with van der Waals surface area (Å²) in [4.78, 5) is 14.5. The zero-order valence-corrected chi connectivity index (χ0v) is 16.1. The van der Waals surface area contributed by atoms with Crippen molar-refractivity contribution in [3.8, 4) is 0 Å². The highest BCUT2D eigenvalue weighted by molar-refractivity contribution is 7.89. The number of amides is 1. The fraction of sp³-hybridized carbons (Fsp3) is 0.588. The third kappa shape index (κ3) is 3.61. The molecule has 1 amide bonds. The van der Waals surface area contributed by atoms with Crippen LogP contribution in [0, 0.1) is 11.8 Å². The van der Waals surface area contributed by atoms with Gasteiger partial charge >= 0.3 is 0 Å². The molecule has 1 N–H and O–H groups in total. The third-order valence-corrected chi connectivity index (χ3v) is 7.24. The second kappa shape index (κ2) is 7.82. The van der Waals surface area contributed by atoms with Crippen LogP contribution in [0.5, 0.6) is 0 Å². The van der Waals surface area contributed by atoms with Gasteiger partial charge < -0.3 is 15.0 Å². The average Bonchev–Trinajstić information content (AvgIpc) is 3.24. The number of halogens is 1. The normalized spacial score (nSPS) is 26.4. The van der Waals surface area contributed by atoms with Crippen LogP contribution in [0.25, 0.3) is 0 Å². The number of ether oxygens (including phenoxy) is 1. The monoisotopic (exact) mass is 401 g/mol. The zero-order valence-electron chi connectivity index (χ0n) is 14.5. The van der Waals surface area contributed by atoms with Crippen molar-refractivity contribution in [3.05, 3.63) is 29.8 Å². The number of rotatable bonds is 3. The van der Waals surface area contributed by atoms with Gasteiger partial charge in [-0.05, 0) is 49.2 Å². The molecule has 1 aromatic rings. The van der Waals surface area contributed by atoms with E-state index in [1.165, 1.54) is 0 Å². The molecule has 3 aliphatic rings. The molecule has 3 saturated heterocycles. The summed E-state index contributed by atoms with van der Waals surface area (Å²) in [6.07, 6.45) is 0. The molecule has 0 saturated carbocycles. The standard InChI is InChI=1S/C17H23N3O4S.ClH/c21-17(19-5-7-24-8-6-19)13-1-3-16(4-2-13)25(22,23)20-11-14-9-18-10-15(14)12-20;/h1-4,14-15,18H,5-12H2;1H/t14-,15+;. The van der Waals surface area contributed by atoms with Crippen LogP contribution in [0.4, 0.5) is 0 Å². The summed E-state index contributed by atoms with van der Waals surface area (Å²) in [6.45, 7) is 5.18. The van der Waals surface area contributed by atoms with E-state index in [2.05, 4.69) is 5.32 Å². The van der Waals surface area contributed by atoms with Crippen molar-refractivity contribution < 1.29 is 17.9 Å². The van der Waals surface area contributed by atoms with Gasteiger partial charge in [0.2, 0.25) is 10.0 Å².